The first-order valence-corrected chi connectivity index (χ1v) is 8.94. The largest absolute Gasteiger partial charge is 0.368 e. The third-order valence-corrected chi connectivity index (χ3v) is 4.38. The number of benzene rings is 1. The molecule has 2 aromatic heterocycles. The Kier molecular flexibility index (Phi) is 5.58. The smallest absolute Gasteiger partial charge is 0.252 e. The van der Waals surface area contributed by atoms with Crippen molar-refractivity contribution in [2.24, 2.45) is 17.4 Å². The Morgan fingerprint density at radius 2 is 1.86 bits per heavy atom. The molecule has 2 amide bonds. The molecule has 1 atom stereocenters. The van der Waals surface area contributed by atoms with E-state index in [1.807, 2.05) is 18.2 Å². The highest BCUT2D eigenvalue weighted by atomic mass is 19.1. The number of halogens is 1. The Bertz CT molecular complexity index is 1090. The number of rotatable bonds is 7. The van der Waals surface area contributed by atoms with Crippen molar-refractivity contribution in [3.63, 3.8) is 0 Å². The van der Waals surface area contributed by atoms with Crippen LogP contribution in [0.25, 0.3) is 10.9 Å². The lowest BCUT2D eigenvalue weighted by atomic mass is 10.0. The second kappa shape index (κ2) is 8.09. The number of fused-ring (bicyclic) bond motifs is 1. The molecule has 0 radical (unpaired) electrons. The van der Waals surface area contributed by atoms with E-state index in [1.54, 1.807) is 32.2 Å². The number of nitrogens with zero attached hydrogens (tertiary/aromatic N) is 2. The maximum absolute atomic E-state index is 14.5. The summed E-state index contributed by atoms with van der Waals surface area (Å²) in [4.78, 5) is 31.9. The van der Waals surface area contributed by atoms with Gasteiger partial charge in [0.25, 0.3) is 5.91 Å². The normalized spacial score (nSPS) is 12.0. The van der Waals surface area contributed by atoms with E-state index in [0.717, 1.165) is 17.0 Å². The van der Waals surface area contributed by atoms with E-state index < -0.39 is 23.7 Å². The maximum atomic E-state index is 14.5. The number of hydrogen-bond donors (Lipinski definition) is 4. The fourth-order valence-electron chi connectivity index (χ4n) is 2.87. The third-order valence-electron chi connectivity index (χ3n) is 4.38. The molecule has 3 aromatic rings. The van der Waals surface area contributed by atoms with Crippen LogP contribution in [0.1, 0.15) is 24.2 Å². The summed E-state index contributed by atoms with van der Waals surface area (Å²) in [6.07, 6.45) is 1.66. The molecule has 9 heteroatoms. The van der Waals surface area contributed by atoms with E-state index in [4.69, 9.17) is 11.5 Å². The van der Waals surface area contributed by atoms with E-state index in [1.165, 1.54) is 0 Å². The van der Waals surface area contributed by atoms with Crippen LogP contribution in [0.15, 0.2) is 42.6 Å². The number of carbonyl (C=O) groups excluding carboxylic acids is 2. The van der Waals surface area contributed by atoms with Crippen LogP contribution in [-0.2, 0) is 4.79 Å². The highest BCUT2D eigenvalue weighted by molar-refractivity contribution is 5.99. The molecule has 0 aliphatic carbocycles. The summed E-state index contributed by atoms with van der Waals surface area (Å²) in [5.74, 6) is -2.68. The van der Waals surface area contributed by atoms with Crippen LogP contribution >= 0.6 is 0 Å². The number of primary amides is 2. The fraction of sp³-hybridized carbons (Fsp3) is 0.200. The topological polar surface area (TPSA) is 136 Å². The van der Waals surface area contributed by atoms with Gasteiger partial charge in [-0.1, -0.05) is 26.0 Å². The fourth-order valence-corrected chi connectivity index (χ4v) is 2.87. The summed E-state index contributed by atoms with van der Waals surface area (Å²) in [6.45, 7) is 3.53. The molecule has 1 aromatic carbocycles. The van der Waals surface area contributed by atoms with Crippen LogP contribution in [-0.4, -0.2) is 27.8 Å². The molecular weight excluding hydrogens is 375 g/mol. The summed E-state index contributed by atoms with van der Waals surface area (Å²) in [5, 5.41) is 6.61. The molecule has 29 heavy (non-hydrogen) atoms. The van der Waals surface area contributed by atoms with Crippen molar-refractivity contribution in [2.45, 2.75) is 19.9 Å². The minimum Gasteiger partial charge on any atom is -0.368 e. The van der Waals surface area contributed by atoms with Gasteiger partial charge in [-0.3, -0.25) is 14.6 Å². The van der Waals surface area contributed by atoms with Gasteiger partial charge in [0.05, 0.1) is 11.1 Å². The van der Waals surface area contributed by atoms with E-state index in [0.29, 0.717) is 5.69 Å². The molecular formula is C20H21FN6O2. The van der Waals surface area contributed by atoms with Crippen LogP contribution in [0, 0.1) is 11.7 Å². The average molecular weight is 396 g/mol. The summed E-state index contributed by atoms with van der Waals surface area (Å²) < 4.78 is 14.5. The van der Waals surface area contributed by atoms with Gasteiger partial charge in [0.2, 0.25) is 5.91 Å². The number of carbonyl (C=O) groups is 2. The average Bonchev–Trinajstić information content (AvgIpc) is 2.67. The van der Waals surface area contributed by atoms with Gasteiger partial charge in [-0.2, -0.15) is 0 Å². The lowest BCUT2D eigenvalue weighted by molar-refractivity contribution is -0.119. The van der Waals surface area contributed by atoms with Gasteiger partial charge in [0.15, 0.2) is 11.6 Å². The lowest BCUT2D eigenvalue weighted by Gasteiger charge is -2.21. The summed E-state index contributed by atoms with van der Waals surface area (Å²) in [6, 6.07) is 9.25. The SMILES string of the molecule is CC(C)[C@@H](Nc1nc(Nc2ccc3cccnc3c2)c(C(N)=O)cc1F)C(N)=O. The Morgan fingerprint density at radius 3 is 2.52 bits per heavy atom. The molecule has 0 fully saturated rings. The quantitative estimate of drug-likeness (QED) is 0.484. The van der Waals surface area contributed by atoms with Crippen LogP contribution in [0.5, 0.6) is 0 Å². The predicted molar refractivity (Wildman–Crippen MR) is 109 cm³/mol. The van der Waals surface area contributed by atoms with Crippen molar-refractivity contribution in [2.75, 3.05) is 10.6 Å². The highest BCUT2D eigenvalue weighted by Crippen LogP contribution is 2.26. The molecule has 6 N–H and O–H groups in total. The van der Waals surface area contributed by atoms with Gasteiger partial charge >= 0.3 is 0 Å². The molecule has 0 spiro atoms. The summed E-state index contributed by atoms with van der Waals surface area (Å²) in [5.41, 5.74) is 11.9. The number of nitrogens with one attached hydrogen (secondary N) is 2. The Morgan fingerprint density at radius 1 is 1.10 bits per heavy atom. The zero-order chi connectivity index (χ0) is 21.1. The zero-order valence-electron chi connectivity index (χ0n) is 15.9. The first kappa shape index (κ1) is 20.0. The van der Waals surface area contributed by atoms with Crippen LogP contribution in [0.4, 0.5) is 21.7 Å². The van der Waals surface area contributed by atoms with Crippen molar-refractivity contribution >= 4 is 40.0 Å². The Hall–Kier alpha value is -3.75. The number of amides is 2. The van der Waals surface area contributed by atoms with Gasteiger partial charge in [-0.05, 0) is 30.2 Å². The Balaban J connectivity index is 2.01. The van der Waals surface area contributed by atoms with Gasteiger partial charge in [0, 0.05) is 17.3 Å². The molecule has 0 bridgehead atoms. The molecule has 0 unspecified atom stereocenters. The first-order valence-electron chi connectivity index (χ1n) is 8.94. The standard InChI is InChI=1S/C20H21FN6O2/c1-10(2)16(18(23)29)26-20-14(21)9-13(17(22)28)19(27-20)25-12-6-5-11-4-3-7-24-15(11)8-12/h3-10,16H,1-2H3,(H2,22,28)(H2,23,29)(H2,25,26,27)/t16-/m1/s1. The second-order valence-corrected chi connectivity index (χ2v) is 6.88. The molecule has 0 aliphatic heterocycles. The number of anilines is 3. The Labute approximate surface area is 166 Å². The van der Waals surface area contributed by atoms with E-state index in [2.05, 4.69) is 20.6 Å². The van der Waals surface area contributed by atoms with E-state index in [-0.39, 0.29) is 23.1 Å². The molecule has 150 valence electrons. The van der Waals surface area contributed by atoms with Gasteiger partial charge in [-0.25, -0.2) is 9.37 Å². The number of aromatic nitrogens is 2. The van der Waals surface area contributed by atoms with Gasteiger partial charge < -0.3 is 22.1 Å². The van der Waals surface area contributed by atoms with E-state index in [9.17, 15) is 14.0 Å². The highest BCUT2D eigenvalue weighted by Gasteiger charge is 2.23. The van der Waals surface area contributed by atoms with Crippen LogP contribution in [0.3, 0.4) is 0 Å². The third kappa shape index (κ3) is 4.40. The van der Waals surface area contributed by atoms with Crippen molar-refractivity contribution < 1.29 is 14.0 Å². The van der Waals surface area contributed by atoms with Crippen LogP contribution < -0.4 is 22.1 Å². The number of nitrogens with two attached hydrogens (primary N) is 2. The summed E-state index contributed by atoms with van der Waals surface area (Å²) in [7, 11) is 0. The molecule has 8 nitrogen and oxygen atoms in total. The van der Waals surface area contributed by atoms with E-state index >= 15 is 0 Å². The summed E-state index contributed by atoms with van der Waals surface area (Å²) >= 11 is 0. The minimum absolute atomic E-state index is 0.0451. The van der Waals surface area contributed by atoms with Crippen molar-refractivity contribution in [3.8, 4) is 0 Å². The lowest BCUT2D eigenvalue weighted by Crippen LogP contribution is -2.40. The number of hydrogen-bond acceptors (Lipinski definition) is 6. The molecule has 0 saturated carbocycles. The predicted octanol–water partition coefficient (Wildman–Crippen LogP) is 2.53. The minimum atomic E-state index is -0.848. The second-order valence-electron chi connectivity index (χ2n) is 6.88. The molecule has 0 saturated heterocycles. The molecule has 0 aliphatic rings. The monoisotopic (exact) mass is 396 g/mol. The van der Waals surface area contributed by atoms with Crippen molar-refractivity contribution in [1.29, 1.82) is 0 Å². The maximum Gasteiger partial charge on any atom is 0.252 e. The molecule has 2 heterocycles. The molecule has 3 rings (SSSR count). The zero-order valence-corrected chi connectivity index (χ0v) is 15.9. The first-order chi connectivity index (χ1) is 13.8. The van der Waals surface area contributed by atoms with Crippen molar-refractivity contribution in [1.82, 2.24) is 9.97 Å². The van der Waals surface area contributed by atoms with Gasteiger partial charge in [0.1, 0.15) is 11.9 Å². The van der Waals surface area contributed by atoms with Gasteiger partial charge in [-0.15, -0.1) is 0 Å². The number of pyridine rings is 2. The van der Waals surface area contributed by atoms with Crippen LogP contribution in [0.2, 0.25) is 0 Å². The van der Waals surface area contributed by atoms with Crippen molar-refractivity contribution in [3.05, 3.63) is 54.0 Å².